The Morgan fingerprint density at radius 3 is 2.63 bits per heavy atom. The van der Waals surface area contributed by atoms with Gasteiger partial charge in [0, 0.05) is 25.5 Å². The van der Waals surface area contributed by atoms with Crippen LogP contribution < -0.4 is 5.32 Å². The highest BCUT2D eigenvalue weighted by Gasteiger charge is 2.20. The SMILES string of the molecule is Cc1nc2ccccc2n1CCCNC(=O)C(Cc1cccnc1)c1ccccc1. The van der Waals surface area contributed by atoms with E-state index in [1.165, 1.54) is 0 Å². The maximum Gasteiger partial charge on any atom is 0.227 e. The van der Waals surface area contributed by atoms with Crippen LogP contribution in [0.1, 0.15) is 29.3 Å². The summed E-state index contributed by atoms with van der Waals surface area (Å²) in [6.07, 6.45) is 5.06. The van der Waals surface area contributed by atoms with Crippen LogP contribution in [0, 0.1) is 6.92 Å². The van der Waals surface area contributed by atoms with Crippen LogP contribution in [-0.4, -0.2) is 27.0 Å². The van der Waals surface area contributed by atoms with Gasteiger partial charge >= 0.3 is 0 Å². The third-order valence-corrected chi connectivity index (χ3v) is 5.38. The predicted molar refractivity (Wildman–Crippen MR) is 119 cm³/mol. The molecule has 0 aliphatic rings. The standard InChI is InChI=1S/C25H26N4O/c1-19-28-23-12-5-6-13-24(23)29(19)16-8-15-27-25(30)22(21-10-3-2-4-11-21)17-20-9-7-14-26-18-20/h2-7,9-14,18,22H,8,15-17H2,1H3,(H,27,30). The molecule has 0 saturated heterocycles. The minimum atomic E-state index is -0.230. The fraction of sp³-hybridized carbons (Fsp3) is 0.240. The molecule has 2 heterocycles. The Morgan fingerprint density at radius 2 is 1.83 bits per heavy atom. The van der Waals surface area contributed by atoms with Crippen LogP contribution in [0.4, 0.5) is 0 Å². The highest BCUT2D eigenvalue weighted by atomic mass is 16.1. The van der Waals surface area contributed by atoms with Crippen LogP contribution in [-0.2, 0) is 17.8 Å². The highest BCUT2D eigenvalue weighted by molar-refractivity contribution is 5.84. The Morgan fingerprint density at radius 1 is 1.03 bits per heavy atom. The lowest BCUT2D eigenvalue weighted by atomic mass is 9.92. The summed E-state index contributed by atoms with van der Waals surface area (Å²) in [4.78, 5) is 21.8. The van der Waals surface area contributed by atoms with E-state index in [1.807, 2.05) is 73.8 Å². The first-order valence-corrected chi connectivity index (χ1v) is 10.4. The number of amides is 1. The second-order valence-electron chi connectivity index (χ2n) is 7.47. The molecule has 2 aromatic heterocycles. The molecule has 0 spiro atoms. The number of hydrogen-bond acceptors (Lipinski definition) is 3. The summed E-state index contributed by atoms with van der Waals surface area (Å²) >= 11 is 0. The number of aryl methyl sites for hydroxylation is 2. The number of para-hydroxylation sites is 2. The number of hydrogen-bond donors (Lipinski definition) is 1. The first kappa shape index (κ1) is 19.8. The van der Waals surface area contributed by atoms with E-state index in [0.29, 0.717) is 13.0 Å². The van der Waals surface area contributed by atoms with Gasteiger partial charge < -0.3 is 9.88 Å². The Balaban J connectivity index is 1.39. The molecular formula is C25H26N4O. The molecule has 1 unspecified atom stereocenters. The summed E-state index contributed by atoms with van der Waals surface area (Å²) in [6, 6.07) is 22.0. The summed E-state index contributed by atoms with van der Waals surface area (Å²) in [5.41, 5.74) is 4.23. The minimum absolute atomic E-state index is 0.0530. The van der Waals surface area contributed by atoms with E-state index in [0.717, 1.165) is 41.0 Å². The molecule has 5 heteroatoms. The fourth-order valence-electron chi connectivity index (χ4n) is 3.85. The van der Waals surface area contributed by atoms with Gasteiger partial charge in [0.15, 0.2) is 0 Å². The van der Waals surface area contributed by atoms with Crippen LogP contribution in [0.2, 0.25) is 0 Å². The first-order valence-electron chi connectivity index (χ1n) is 10.4. The monoisotopic (exact) mass is 398 g/mol. The lowest BCUT2D eigenvalue weighted by Crippen LogP contribution is -2.31. The van der Waals surface area contributed by atoms with Gasteiger partial charge in [-0.1, -0.05) is 48.5 Å². The van der Waals surface area contributed by atoms with Crippen LogP contribution >= 0.6 is 0 Å². The minimum Gasteiger partial charge on any atom is -0.355 e. The van der Waals surface area contributed by atoms with Crippen LogP contribution in [0.15, 0.2) is 79.1 Å². The van der Waals surface area contributed by atoms with Crippen molar-refractivity contribution in [3.8, 4) is 0 Å². The molecule has 4 aromatic rings. The second-order valence-corrected chi connectivity index (χ2v) is 7.47. The summed E-state index contributed by atoms with van der Waals surface area (Å²) in [5, 5.41) is 3.14. The largest absolute Gasteiger partial charge is 0.355 e. The van der Waals surface area contributed by atoms with Crippen molar-refractivity contribution in [2.24, 2.45) is 0 Å². The zero-order valence-electron chi connectivity index (χ0n) is 17.2. The maximum atomic E-state index is 13.0. The number of fused-ring (bicyclic) bond motifs is 1. The molecule has 4 rings (SSSR count). The van der Waals surface area contributed by atoms with Crippen molar-refractivity contribution in [3.63, 3.8) is 0 Å². The number of imidazole rings is 1. The average molecular weight is 399 g/mol. The van der Waals surface area contributed by atoms with Gasteiger partial charge in [-0.05, 0) is 49.1 Å². The number of rotatable bonds is 8. The summed E-state index contributed by atoms with van der Waals surface area (Å²) in [7, 11) is 0. The van der Waals surface area contributed by atoms with E-state index < -0.39 is 0 Å². The molecule has 0 aliphatic heterocycles. The van der Waals surface area contributed by atoms with Gasteiger partial charge in [0.1, 0.15) is 5.82 Å². The molecular weight excluding hydrogens is 372 g/mol. The van der Waals surface area contributed by atoms with Crippen molar-refractivity contribution >= 4 is 16.9 Å². The zero-order valence-corrected chi connectivity index (χ0v) is 17.2. The predicted octanol–water partition coefficient (Wildman–Crippen LogP) is 4.27. The zero-order chi connectivity index (χ0) is 20.8. The van der Waals surface area contributed by atoms with Crippen molar-refractivity contribution in [3.05, 3.63) is 96.1 Å². The van der Waals surface area contributed by atoms with Gasteiger partial charge in [-0.2, -0.15) is 0 Å². The van der Waals surface area contributed by atoms with E-state index in [9.17, 15) is 4.79 Å². The number of nitrogens with zero attached hydrogens (tertiary/aromatic N) is 3. The number of benzene rings is 2. The smallest absolute Gasteiger partial charge is 0.227 e. The van der Waals surface area contributed by atoms with Gasteiger partial charge in [-0.3, -0.25) is 9.78 Å². The topological polar surface area (TPSA) is 59.8 Å². The van der Waals surface area contributed by atoms with Gasteiger partial charge in [0.2, 0.25) is 5.91 Å². The van der Waals surface area contributed by atoms with Crippen molar-refractivity contribution in [2.45, 2.75) is 32.2 Å². The number of pyridine rings is 1. The quantitative estimate of drug-likeness (QED) is 0.451. The number of aromatic nitrogens is 3. The third-order valence-electron chi connectivity index (χ3n) is 5.38. The van der Waals surface area contributed by atoms with Crippen molar-refractivity contribution in [1.29, 1.82) is 0 Å². The Kier molecular flexibility index (Phi) is 6.18. The maximum absolute atomic E-state index is 13.0. The fourth-order valence-corrected chi connectivity index (χ4v) is 3.85. The molecule has 0 bridgehead atoms. The molecule has 1 amide bonds. The molecule has 1 atom stereocenters. The van der Waals surface area contributed by atoms with Crippen molar-refractivity contribution < 1.29 is 4.79 Å². The third kappa shape index (κ3) is 4.57. The van der Waals surface area contributed by atoms with Crippen LogP contribution in [0.3, 0.4) is 0 Å². The molecule has 0 aliphatic carbocycles. The molecule has 152 valence electrons. The number of nitrogens with one attached hydrogen (secondary N) is 1. The Bertz CT molecular complexity index is 1110. The lowest BCUT2D eigenvalue weighted by Gasteiger charge is -2.17. The van der Waals surface area contributed by atoms with Crippen LogP contribution in [0.5, 0.6) is 0 Å². The van der Waals surface area contributed by atoms with Gasteiger partial charge in [0.05, 0.1) is 17.0 Å². The molecule has 30 heavy (non-hydrogen) atoms. The van der Waals surface area contributed by atoms with Gasteiger partial charge in [-0.25, -0.2) is 4.98 Å². The van der Waals surface area contributed by atoms with E-state index in [-0.39, 0.29) is 11.8 Å². The van der Waals surface area contributed by atoms with E-state index in [1.54, 1.807) is 6.20 Å². The number of carbonyl (C=O) groups is 1. The second kappa shape index (κ2) is 9.35. The van der Waals surface area contributed by atoms with Gasteiger partial charge in [-0.15, -0.1) is 0 Å². The van der Waals surface area contributed by atoms with Crippen molar-refractivity contribution in [1.82, 2.24) is 19.9 Å². The molecule has 5 nitrogen and oxygen atoms in total. The lowest BCUT2D eigenvalue weighted by molar-refractivity contribution is -0.122. The molecule has 0 saturated carbocycles. The molecule has 0 fully saturated rings. The highest BCUT2D eigenvalue weighted by Crippen LogP contribution is 2.21. The average Bonchev–Trinajstić information content (AvgIpc) is 3.11. The van der Waals surface area contributed by atoms with E-state index in [4.69, 9.17) is 0 Å². The summed E-state index contributed by atoms with van der Waals surface area (Å²) in [5.74, 6) is 0.824. The summed E-state index contributed by atoms with van der Waals surface area (Å²) < 4.78 is 2.21. The summed E-state index contributed by atoms with van der Waals surface area (Å²) in [6.45, 7) is 3.48. The van der Waals surface area contributed by atoms with Crippen LogP contribution in [0.25, 0.3) is 11.0 Å². The van der Waals surface area contributed by atoms with Crippen molar-refractivity contribution in [2.75, 3.05) is 6.54 Å². The normalized spacial score (nSPS) is 12.0. The first-order chi connectivity index (χ1) is 14.7. The van der Waals surface area contributed by atoms with Gasteiger partial charge in [0.25, 0.3) is 0 Å². The molecule has 0 radical (unpaired) electrons. The molecule has 1 N–H and O–H groups in total. The van der Waals surface area contributed by atoms with E-state index >= 15 is 0 Å². The number of carbonyl (C=O) groups excluding carboxylic acids is 1. The molecule has 2 aromatic carbocycles. The van der Waals surface area contributed by atoms with E-state index in [2.05, 4.69) is 25.9 Å². The Labute approximate surface area is 176 Å². The Hall–Kier alpha value is -3.47.